The summed E-state index contributed by atoms with van der Waals surface area (Å²) in [6, 6.07) is 88.1. The van der Waals surface area contributed by atoms with E-state index >= 15 is 0 Å². The Hall–Kier alpha value is -9.18. The summed E-state index contributed by atoms with van der Waals surface area (Å²) >= 11 is 0. The molecular weight excluding hydrogens is 991 g/mol. The summed E-state index contributed by atoms with van der Waals surface area (Å²) in [4.78, 5) is 5.05. The molecule has 0 spiro atoms. The molecule has 4 aliphatic rings. The molecule has 3 nitrogen and oxygen atoms in total. The number of hydrogen-bond donors (Lipinski definition) is 0. The van der Waals surface area contributed by atoms with Gasteiger partial charge in [0.1, 0.15) is 0 Å². The van der Waals surface area contributed by atoms with Crippen LogP contribution in [0.3, 0.4) is 0 Å². The molecule has 0 saturated heterocycles. The molecule has 1 aromatic heterocycles. The van der Waals surface area contributed by atoms with Crippen LogP contribution in [0.15, 0.2) is 231 Å². The van der Waals surface area contributed by atoms with Crippen molar-refractivity contribution < 1.29 is 0 Å². The molecule has 0 aliphatic heterocycles. The van der Waals surface area contributed by atoms with E-state index in [1.54, 1.807) is 0 Å². The second-order valence-corrected chi connectivity index (χ2v) is 25.9. The van der Waals surface area contributed by atoms with Crippen LogP contribution in [0.5, 0.6) is 0 Å². The fourth-order valence-corrected chi connectivity index (χ4v) is 15.5. The van der Waals surface area contributed by atoms with Gasteiger partial charge in [-0.1, -0.05) is 189 Å². The van der Waals surface area contributed by atoms with E-state index in [1.807, 2.05) is 0 Å². The molecule has 0 amide bonds. The molecular formula is C79H65N3. The zero-order valence-corrected chi connectivity index (χ0v) is 48.3. The largest absolute Gasteiger partial charge is 0.310 e. The zero-order valence-electron chi connectivity index (χ0n) is 48.3. The lowest BCUT2D eigenvalue weighted by atomic mass is 9.82. The van der Waals surface area contributed by atoms with Gasteiger partial charge in [0.25, 0.3) is 0 Å². The summed E-state index contributed by atoms with van der Waals surface area (Å²) in [6.07, 6.45) is 0. The van der Waals surface area contributed by atoms with Crippen molar-refractivity contribution in [3.05, 3.63) is 281 Å². The first-order valence-corrected chi connectivity index (χ1v) is 29.3. The third-order valence-corrected chi connectivity index (χ3v) is 19.8. The normalized spacial score (nSPS) is 15.5. The molecule has 0 unspecified atom stereocenters. The second-order valence-electron chi connectivity index (χ2n) is 25.9. The Morgan fingerprint density at radius 2 is 0.537 bits per heavy atom. The van der Waals surface area contributed by atoms with Gasteiger partial charge in [-0.05, 0) is 199 Å². The fraction of sp³-hybridized carbons (Fsp3) is 0.165. The van der Waals surface area contributed by atoms with Crippen molar-refractivity contribution in [1.29, 1.82) is 0 Å². The first-order chi connectivity index (χ1) is 39.6. The van der Waals surface area contributed by atoms with Crippen LogP contribution in [0, 0.1) is 6.92 Å². The molecule has 0 radical (unpaired) electrons. The highest BCUT2D eigenvalue weighted by molar-refractivity contribution is 6.12. The number of aryl methyl sites for hydroxylation is 1. The van der Waals surface area contributed by atoms with Crippen LogP contribution in [-0.4, -0.2) is 4.57 Å². The van der Waals surface area contributed by atoms with Gasteiger partial charge in [-0.25, -0.2) is 0 Å². The zero-order chi connectivity index (χ0) is 55.8. The Balaban J connectivity index is 0.931. The highest BCUT2D eigenvalue weighted by Crippen LogP contribution is 2.56. The highest BCUT2D eigenvalue weighted by atomic mass is 15.2. The molecule has 4 aliphatic carbocycles. The monoisotopic (exact) mass is 1060 g/mol. The third kappa shape index (κ3) is 6.71. The number of fused-ring (bicyclic) bond motifs is 15. The van der Waals surface area contributed by atoms with E-state index in [0.717, 1.165) is 50.8 Å². The van der Waals surface area contributed by atoms with Gasteiger partial charge in [-0.2, -0.15) is 0 Å². The molecule has 1 heterocycles. The topological polar surface area (TPSA) is 11.4 Å². The number of benzene rings is 11. The van der Waals surface area contributed by atoms with Crippen molar-refractivity contribution in [1.82, 2.24) is 4.57 Å². The van der Waals surface area contributed by atoms with Gasteiger partial charge < -0.3 is 14.4 Å². The minimum Gasteiger partial charge on any atom is -0.310 e. The smallest absolute Gasteiger partial charge is 0.0542 e. The lowest BCUT2D eigenvalue weighted by Gasteiger charge is -2.30. The summed E-state index contributed by atoms with van der Waals surface area (Å²) in [6.45, 7) is 21.3. The van der Waals surface area contributed by atoms with E-state index < -0.39 is 0 Å². The van der Waals surface area contributed by atoms with Gasteiger partial charge >= 0.3 is 0 Å². The Labute approximate surface area is 482 Å². The van der Waals surface area contributed by atoms with E-state index in [2.05, 4.69) is 307 Å². The van der Waals surface area contributed by atoms with Crippen LogP contribution in [0.4, 0.5) is 34.1 Å². The van der Waals surface area contributed by atoms with Crippen molar-refractivity contribution in [2.45, 2.75) is 84.0 Å². The standard InChI is InChI=1S/C79H65N3/c1-48-19-18-20-49(41-48)82-74-39-33-50(80(52-29-35-60-56-21-10-14-25-66(56)76(2,3)70(60)44-52)53-30-36-61-57-22-11-15-26-67(57)77(4,5)71(61)45-53)42-64(74)65-43-51(34-40-75(65)82)81(54-31-37-62-58-23-12-16-27-68(58)78(6,7)72(62)46-54)55-32-38-63-59-24-13-17-28-69(59)79(8,9)73(63)47-55/h10-47H,1-9H3. The molecule has 0 bridgehead atoms. The molecule has 82 heavy (non-hydrogen) atoms. The van der Waals surface area contributed by atoms with Crippen molar-refractivity contribution >= 4 is 55.9 Å². The van der Waals surface area contributed by atoms with E-state index in [-0.39, 0.29) is 21.7 Å². The first kappa shape index (κ1) is 48.7. The van der Waals surface area contributed by atoms with Crippen LogP contribution in [0.2, 0.25) is 0 Å². The Morgan fingerprint density at radius 1 is 0.256 bits per heavy atom. The average Bonchev–Trinajstić information content (AvgIpc) is 3.52. The third-order valence-electron chi connectivity index (χ3n) is 19.8. The van der Waals surface area contributed by atoms with Crippen LogP contribution >= 0.6 is 0 Å². The lowest BCUT2D eigenvalue weighted by Crippen LogP contribution is -2.18. The number of hydrogen-bond acceptors (Lipinski definition) is 2. The van der Waals surface area contributed by atoms with E-state index in [1.165, 1.54) is 105 Å². The molecule has 0 saturated carbocycles. The Morgan fingerprint density at radius 3 is 0.854 bits per heavy atom. The molecule has 12 aromatic rings. The Kier molecular flexibility index (Phi) is 10.1. The van der Waals surface area contributed by atoms with Gasteiger partial charge in [-0.3, -0.25) is 0 Å². The molecule has 0 N–H and O–H groups in total. The van der Waals surface area contributed by atoms with Crippen molar-refractivity contribution in [3.8, 4) is 50.2 Å². The maximum absolute atomic E-state index is 2.53. The van der Waals surface area contributed by atoms with Crippen LogP contribution in [-0.2, 0) is 21.7 Å². The quantitative estimate of drug-likeness (QED) is 0.158. The van der Waals surface area contributed by atoms with E-state index in [9.17, 15) is 0 Å². The van der Waals surface area contributed by atoms with Gasteiger partial charge in [-0.15, -0.1) is 0 Å². The van der Waals surface area contributed by atoms with Crippen LogP contribution in [0.25, 0.3) is 72.0 Å². The molecule has 16 rings (SSSR count). The SMILES string of the molecule is Cc1cccc(-n2c3ccc(N(c4ccc5c(c4)C(C)(C)c4ccccc4-5)c4ccc5c(c4)C(C)(C)c4ccccc4-5)cc3c3cc(N(c4ccc5c(c4)C(C)(C)c4ccccc4-5)c4ccc5c(c4)C(C)(C)c4ccccc4-5)ccc32)c1. The predicted octanol–water partition coefficient (Wildman–Crippen LogP) is 21.3. The van der Waals surface area contributed by atoms with Crippen molar-refractivity contribution in [3.63, 3.8) is 0 Å². The molecule has 0 atom stereocenters. The predicted molar refractivity (Wildman–Crippen MR) is 345 cm³/mol. The summed E-state index contributed by atoms with van der Waals surface area (Å²) in [5.41, 5.74) is 32.3. The number of rotatable bonds is 7. The maximum atomic E-state index is 2.53. The van der Waals surface area contributed by atoms with E-state index in [4.69, 9.17) is 0 Å². The summed E-state index contributed by atoms with van der Waals surface area (Å²) in [5.74, 6) is 0. The molecule has 11 aromatic carbocycles. The number of anilines is 6. The van der Waals surface area contributed by atoms with Gasteiger partial charge in [0, 0.05) is 72.2 Å². The second kappa shape index (κ2) is 16.9. The van der Waals surface area contributed by atoms with E-state index in [0.29, 0.717) is 0 Å². The highest BCUT2D eigenvalue weighted by Gasteiger charge is 2.40. The molecule has 0 fully saturated rings. The van der Waals surface area contributed by atoms with Gasteiger partial charge in [0.15, 0.2) is 0 Å². The first-order valence-electron chi connectivity index (χ1n) is 29.3. The molecule has 3 heteroatoms. The Bertz CT molecular complexity index is 4240. The van der Waals surface area contributed by atoms with Crippen LogP contribution in [0.1, 0.15) is 105 Å². The summed E-state index contributed by atoms with van der Waals surface area (Å²) in [5, 5.41) is 2.39. The molecule has 396 valence electrons. The fourth-order valence-electron chi connectivity index (χ4n) is 15.5. The lowest BCUT2D eigenvalue weighted by molar-refractivity contribution is 0.659. The average molecular weight is 1060 g/mol. The number of aromatic nitrogens is 1. The maximum Gasteiger partial charge on any atom is 0.0542 e. The van der Waals surface area contributed by atoms with Gasteiger partial charge in [0.05, 0.1) is 11.0 Å². The van der Waals surface area contributed by atoms with Crippen molar-refractivity contribution in [2.75, 3.05) is 9.80 Å². The minimum absolute atomic E-state index is 0.167. The number of nitrogens with zero attached hydrogens (tertiary/aromatic N) is 3. The van der Waals surface area contributed by atoms with Crippen LogP contribution < -0.4 is 9.80 Å². The van der Waals surface area contributed by atoms with Gasteiger partial charge in [0.2, 0.25) is 0 Å². The van der Waals surface area contributed by atoms with Crippen molar-refractivity contribution in [2.24, 2.45) is 0 Å². The minimum atomic E-state index is -0.167. The summed E-state index contributed by atoms with van der Waals surface area (Å²) in [7, 11) is 0. The summed E-state index contributed by atoms with van der Waals surface area (Å²) < 4.78 is 2.48.